The van der Waals surface area contributed by atoms with Crippen LogP contribution in [0.4, 0.5) is 11.4 Å². The molecule has 0 aromatic heterocycles. The number of rotatable bonds is 4. The number of ether oxygens (including phenoxy) is 1. The summed E-state index contributed by atoms with van der Waals surface area (Å²) in [5, 5.41) is 2.92. The van der Waals surface area contributed by atoms with Gasteiger partial charge in [-0.25, -0.2) is 0 Å². The average molecular weight is 403 g/mol. The molecule has 0 radical (unpaired) electrons. The van der Waals surface area contributed by atoms with Crippen LogP contribution in [0.3, 0.4) is 0 Å². The van der Waals surface area contributed by atoms with E-state index in [-0.39, 0.29) is 11.8 Å². The molecule has 25 heavy (non-hydrogen) atoms. The van der Waals surface area contributed by atoms with Crippen LogP contribution < -0.4 is 15.0 Å². The van der Waals surface area contributed by atoms with Gasteiger partial charge < -0.3 is 15.0 Å². The largest absolute Gasteiger partial charge is 0.497 e. The first-order valence-electron chi connectivity index (χ1n) is 8.11. The lowest BCUT2D eigenvalue weighted by Gasteiger charge is -2.28. The van der Waals surface area contributed by atoms with Crippen molar-refractivity contribution in [3.63, 3.8) is 0 Å². The third kappa shape index (κ3) is 3.54. The summed E-state index contributed by atoms with van der Waals surface area (Å²) in [6, 6.07) is 10.9. The number of hydrogen-bond donors (Lipinski definition) is 1. The number of amides is 2. The van der Waals surface area contributed by atoms with Crippen molar-refractivity contribution in [1.29, 1.82) is 0 Å². The number of methoxy groups -OCH3 is 1. The van der Waals surface area contributed by atoms with E-state index in [4.69, 9.17) is 4.74 Å². The third-order valence-electron chi connectivity index (χ3n) is 4.27. The zero-order valence-electron chi connectivity index (χ0n) is 14.1. The van der Waals surface area contributed by atoms with Crippen LogP contribution in [0.25, 0.3) is 0 Å². The fraction of sp³-hybridized carbons (Fsp3) is 0.263. The van der Waals surface area contributed by atoms with E-state index in [2.05, 4.69) is 21.2 Å². The first-order chi connectivity index (χ1) is 12.0. The molecular formula is C19H19BrN2O3. The maximum absolute atomic E-state index is 12.6. The summed E-state index contributed by atoms with van der Waals surface area (Å²) in [7, 11) is 1.56. The summed E-state index contributed by atoms with van der Waals surface area (Å²) < 4.78 is 5.88. The van der Waals surface area contributed by atoms with E-state index in [0.717, 1.165) is 11.3 Å². The van der Waals surface area contributed by atoms with Gasteiger partial charge in [0.2, 0.25) is 5.91 Å². The Morgan fingerprint density at radius 3 is 2.76 bits per heavy atom. The molecule has 0 saturated heterocycles. The van der Waals surface area contributed by atoms with Crippen LogP contribution in [-0.2, 0) is 11.2 Å². The first kappa shape index (κ1) is 17.5. The second-order valence-corrected chi connectivity index (χ2v) is 6.64. The first-order valence-corrected chi connectivity index (χ1v) is 8.91. The molecule has 2 aromatic carbocycles. The number of halogens is 1. The van der Waals surface area contributed by atoms with Gasteiger partial charge in [-0.2, -0.15) is 0 Å². The highest BCUT2D eigenvalue weighted by molar-refractivity contribution is 9.10. The van der Waals surface area contributed by atoms with E-state index in [0.29, 0.717) is 40.9 Å². The highest BCUT2D eigenvalue weighted by Gasteiger charge is 2.23. The quantitative estimate of drug-likeness (QED) is 0.840. The topological polar surface area (TPSA) is 58.6 Å². The number of nitrogens with one attached hydrogen (secondary N) is 1. The third-order valence-corrected chi connectivity index (χ3v) is 4.96. The van der Waals surface area contributed by atoms with E-state index in [9.17, 15) is 9.59 Å². The lowest BCUT2D eigenvalue weighted by atomic mass is 10.0. The van der Waals surface area contributed by atoms with Crippen molar-refractivity contribution in [2.24, 2.45) is 0 Å². The molecule has 130 valence electrons. The molecule has 1 N–H and O–H groups in total. The molecule has 0 unspecified atom stereocenters. The van der Waals surface area contributed by atoms with Crippen molar-refractivity contribution in [1.82, 2.24) is 0 Å². The van der Waals surface area contributed by atoms with Crippen LogP contribution in [0, 0.1) is 0 Å². The van der Waals surface area contributed by atoms with E-state index >= 15 is 0 Å². The van der Waals surface area contributed by atoms with E-state index in [1.165, 1.54) is 0 Å². The maximum Gasteiger partial charge on any atom is 0.256 e. The molecule has 3 rings (SSSR count). The molecule has 0 aliphatic carbocycles. The van der Waals surface area contributed by atoms with Crippen LogP contribution in [0.2, 0.25) is 0 Å². The Morgan fingerprint density at radius 1 is 1.24 bits per heavy atom. The molecule has 2 aromatic rings. The van der Waals surface area contributed by atoms with Gasteiger partial charge >= 0.3 is 0 Å². The maximum atomic E-state index is 12.6. The number of nitrogens with zero attached hydrogens (tertiary/aromatic N) is 1. The van der Waals surface area contributed by atoms with Gasteiger partial charge in [0, 0.05) is 28.8 Å². The Morgan fingerprint density at radius 2 is 2.04 bits per heavy atom. The van der Waals surface area contributed by atoms with Crippen molar-refractivity contribution in [3.05, 3.63) is 52.0 Å². The molecule has 1 aliphatic rings. The predicted octanol–water partition coefficient (Wildman–Crippen LogP) is 4.01. The van der Waals surface area contributed by atoms with Crippen molar-refractivity contribution in [2.45, 2.75) is 19.8 Å². The van der Waals surface area contributed by atoms with Gasteiger partial charge in [0.1, 0.15) is 5.75 Å². The van der Waals surface area contributed by atoms with Gasteiger partial charge in [-0.3, -0.25) is 9.59 Å². The number of carbonyl (C=O) groups excluding carboxylic acids is 2. The minimum Gasteiger partial charge on any atom is -0.497 e. The lowest BCUT2D eigenvalue weighted by Crippen LogP contribution is -2.34. The van der Waals surface area contributed by atoms with E-state index in [1.54, 1.807) is 30.2 Å². The Hall–Kier alpha value is -2.34. The van der Waals surface area contributed by atoms with Gasteiger partial charge in [0.25, 0.3) is 5.91 Å². The molecule has 0 fully saturated rings. The number of fused-ring (bicyclic) bond motifs is 1. The fourth-order valence-corrected chi connectivity index (χ4v) is 3.41. The molecular weight excluding hydrogens is 384 g/mol. The molecule has 0 spiro atoms. The molecule has 0 saturated carbocycles. The molecule has 0 atom stereocenters. The molecule has 0 bridgehead atoms. The number of aryl methyl sites for hydroxylation is 1. The Balaban J connectivity index is 1.85. The van der Waals surface area contributed by atoms with Gasteiger partial charge in [0.15, 0.2) is 0 Å². The standard InChI is InChI=1S/C19H19BrN2O3/c1-3-22-17-8-5-13(10-12(17)4-9-18(22)23)21-19(24)15-11-14(25-2)6-7-16(15)20/h5-8,10-11H,3-4,9H2,1-2H3,(H,21,24). The summed E-state index contributed by atoms with van der Waals surface area (Å²) >= 11 is 3.40. The second-order valence-electron chi connectivity index (χ2n) is 5.78. The fourth-order valence-electron chi connectivity index (χ4n) is 2.99. The molecule has 5 nitrogen and oxygen atoms in total. The number of anilines is 2. The average Bonchev–Trinajstić information content (AvgIpc) is 2.62. The predicted molar refractivity (Wildman–Crippen MR) is 101 cm³/mol. The zero-order valence-corrected chi connectivity index (χ0v) is 15.7. The van der Waals surface area contributed by atoms with Crippen molar-refractivity contribution >= 4 is 39.1 Å². The van der Waals surface area contributed by atoms with Crippen molar-refractivity contribution in [3.8, 4) is 5.75 Å². The zero-order chi connectivity index (χ0) is 18.0. The lowest BCUT2D eigenvalue weighted by molar-refractivity contribution is -0.118. The Labute approximate surface area is 155 Å². The Kier molecular flexibility index (Phi) is 5.08. The summed E-state index contributed by atoms with van der Waals surface area (Å²) in [6.45, 7) is 2.61. The minimum atomic E-state index is -0.218. The monoisotopic (exact) mass is 402 g/mol. The minimum absolute atomic E-state index is 0.145. The van der Waals surface area contributed by atoms with E-state index < -0.39 is 0 Å². The van der Waals surface area contributed by atoms with E-state index in [1.807, 2.05) is 25.1 Å². The van der Waals surface area contributed by atoms with Crippen LogP contribution in [0.15, 0.2) is 40.9 Å². The normalized spacial score (nSPS) is 13.4. The molecule has 1 aliphatic heterocycles. The van der Waals surface area contributed by atoms with Crippen LogP contribution in [0.1, 0.15) is 29.3 Å². The highest BCUT2D eigenvalue weighted by Crippen LogP contribution is 2.31. The van der Waals surface area contributed by atoms with Gasteiger partial charge in [-0.15, -0.1) is 0 Å². The summed E-state index contributed by atoms with van der Waals surface area (Å²) in [5.41, 5.74) is 3.22. The molecule has 6 heteroatoms. The van der Waals surface area contributed by atoms with Crippen LogP contribution in [-0.4, -0.2) is 25.5 Å². The number of benzene rings is 2. The summed E-state index contributed by atoms with van der Waals surface area (Å²) in [5.74, 6) is 0.549. The van der Waals surface area contributed by atoms with Crippen molar-refractivity contribution in [2.75, 3.05) is 23.9 Å². The number of carbonyl (C=O) groups is 2. The smallest absolute Gasteiger partial charge is 0.256 e. The number of hydrogen-bond acceptors (Lipinski definition) is 3. The van der Waals surface area contributed by atoms with Crippen molar-refractivity contribution < 1.29 is 14.3 Å². The molecule has 1 heterocycles. The molecule has 2 amide bonds. The van der Waals surface area contributed by atoms with Gasteiger partial charge in [-0.1, -0.05) is 0 Å². The second kappa shape index (κ2) is 7.27. The SMILES string of the molecule is CCN1C(=O)CCc2cc(NC(=O)c3cc(OC)ccc3Br)ccc21. The highest BCUT2D eigenvalue weighted by atomic mass is 79.9. The summed E-state index contributed by atoms with van der Waals surface area (Å²) in [6.07, 6.45) is 1.19. The summed E-state index contributed by atoms with van der Waals surface area (Å²) in [4.78, 5) is 26.3. The van der Waals surface area contributed by atoms with Gasteiger partial charge in [-0.05, 0) is 71.2 Å². The van der Waals surface area contributed by atoms with Crippen LogP contribution in [0.5, 0.6) is 5.75 Å². The van der Waals surface area contributed by atoms with Crippen LogP contribution >= 0.6 is 15.9 Å². The Bertz CT molecular complexity index is 835. The van der Waals surface area contributed by atoms with Gasteiger partial charge in [0.05, 0.1) is 12.7 Å².